The first-order chi connectivity index (χ1) is 9.29. The van der Waals surface area contributed by atoms with E-state index in [2.05, 4.69) is 11.4 Å². The van der Waals surface area contributed by atoms with Crippen LogP contribution in [-0.2, 0) is 4.74 Å². The smallest absolute Gasteiger partial charge is 0.101 e. The second kappa shape index (κ2) is 5.40. The SMILES string of the molecule is N#Cc1cccc(Cl)c1NC1CCCC2OCCC12. The molecule has 3 nitrogen and oxygen atoms in total. The van der Waals surface area contributed by atoms with Gasteiger partial charge < -0.3 is 10.1 Å². The number of nitriles is 1. The van der Waals surface area contributed by atoms with E-state index in [-0.39, 0.29) is 0 Å². The highest BCUT2D eigenvalue weighted by Crippen LogP contribution is 2.37. The van der Waals surface area contributed by atoms with Crippen molar-refractivity contribution in [2.75, 3.05) is 11.9 Å². The van der Waals surface area contributed by atoms with Gasteiger partial charge in [-0.15, -0.1) is 0 Å². The van der Waals surface area contributed by atoms with Gasteiger partial charge in [0.1, 0.15) is 6.07 Å². The maximum Gasteiger partial charge on any atom is 0.101 e. The molecule has 0 amide bonds. The van der Waals surface area contributed by atoms with Crippen molar-refractivity contribution in [2.45, 2.75) is 37.8 Å². The number of hydrogen-bond donors (Lipinski definition) is 1. The summed E-state index contributed by atoms with van der Waals surface area (Å²) in [5.74, 6) is 0.552. The molecule has 1 saturated heterocycles. The molecule has 3 rings (SSSR count). The van der Waals surface area contributed by atoms with Gasteiger partial charge in [0.25, 0.3) is 0 Å². The highest BCUT2D eigenvalue weighted by Gasteiger charge is 2.37. The van der Waals surface area contributed by atoms with Gasteiger partial charge in [-0.3, -0.25) is 0 Å². The van der Waals surface area contributed by atoms with E-state index in [4.69, 9.17) is 16.3 Å². The summed E-state index contributed by atoms with van der Waals surface area (Å²) >= 11 is 6.23. The van der Waals surface area contributed by atoms with E-state index in [0.29, 0.717) is 28.6 Å². The first-order valence-corrected chi connectivity index (χ1v) is 7.24. The quantitative estimate of drug-likeness (QED) is 0.898. The van der Waals surface area contributed by atoms with Gasteiger partial charge in [-0.05, 0) is 37.8 Å². The average molecular weight is 277 g/mol. The lowest BCUT2D eigenvalue weighted by atomic mass is 9.81. The lowest BCUT2D eigenvalue weighted by Gasteiger charge is -2.34. The van der Waals surface area contributed by atoms with E-state index in [1.54, 1.807) is 6.07 Å². The van der Waals surface area contributed by atoms with Gasteiger partial charge >= 0.3 is 0 Å². The molecule has 19 heavy (non-hydrogen) atoms. The molecule has 1 saturated carbocycles. The summed E-state index contributed by atoms with van der Waals surface area (Å²) in [5.41, 5.74) is 1.40. The maximum atomic E-state index is 9.19. The van der Waals surface area contributed by atoms with Crippen LogP contribution in [0.15, 0.2) is 18.2 Å². The van der Waals surface area contributed by atoms with Crippen LogP contribution in [-0.4, -0.2) is 18.8 Å². The molecule has 100 valence electrons. The zero-order valence-corrected chi connectivity index (χ0v) is 11.5. The van der Waals surface area contributed by atoms with Crippen LogP contribution in [0, 0.1) is 17.2 Å². The average Bonchev–Trinajstić information content (AvgIpc) is 2.90. The molecule has 0 spiro atoms. The Hall–Kier alpha value is -1.24. The maximum absolute atomic E-state index is 9.19. The van der Waals surface area contributed by atoms with Crippen molar-refractivity contribution in [3.05, 3.63) is 28.8 Å². The second-order valence-electron chi connectivity index (χ2n) is 5.32. The third-order valence-corrected chi connectivity index (χ3v) is 4.56. The predicted molar refractivity (Wildman–Crippen MR) is 75.3 cm³/mol. The van der Waals surface area contributed by atoms with Crippen LogP contribution in [0.3, 0.4) is 0 Å². The van der Waals surface area contributed by atoms with E-state index in [9.17, 15) is 5.26 Å². The van der Waals surface area contributed by atoms with Crippen molar-refractivity contribution in [1.82, 2.24) is 0 Å². The van der Waals surface area contributed by atoms with Gasteiger partial charge in [0.05, 0.1) is 22.4 Å². The van der Waals surface area contributed by atoms with E-state index >= 15 is 0 Å². The highest BCUT2D eigenvalue weighted by molar-refractivity contribution is 6.33. The number of benzene rings is 1. The molecule has 1 aromatic carbocycles. The van der Waals surface area contributed by atoms with E-state index < -0.39 is 0 Å². The Morgan fingerprint density at radius 1 is 1.32 bits per heavy atom. The normalized spacial score (nSPS) is 29.6. The van der Waals surface area contributed by atoms with Gasteiger partial charge in [0.2, 0.25) is 0 Å². The lowest BCUT2D eigenvalue weighted by molar-refractivity contribution is 0.0620. The van der Waals surface area contributed by atoms with Crippen LogP contribution in [0.5, 0.6) is 0 Å². The predicted octanol–water partition coefficient (Wildman–Crippen LogP) is 3.58. The fraction of sp³-hybridized carbons (Fsp3) is 0.533. The minimum absolute atomic E-state index is 0.369. The molecule has 1 N–H and O–H groups in total. The molecular formula is C15H17ClN2O. The summed E-state index contributed by atoms with van der Waals surface area (Å²) in [6.07, 6.45) is 4.95. The van der Waals surface area contributed by atoms with Crippen LogP contribution < -0.4 is 5.32 Å². The summed E-state index contributed by atoms with van der Waals surface area (Å²) in [6, 6.07) is 8.02. The Bertz CT molecular complexity index is 511. The van der Waals surface area contributed by atoms with Crippen molar-refractivity contribution >= 4 is 17.3 Å². The number of nitrogens with zero attached hydrogens (tertiary/aromatic N) is 1. The van der Waals surface area contributed by atoms with Crippen LogP contribution in [0.1, 0.15) is 31.2 Å². The van der Waals surface area contributed by atoms with Crippen LogP contribution in [0.2, 0.25) is 5.02 Å². The number of rotatable bonds is 2. The fourth-order valence-electron chi connectivity index (χ4n) is 3.30. The fourth-order valence-corrected chi connectivity index (χ4v) is 3.53. The first kappa shape index (κ1) is 12.8. The van der Waals surface area contributed by atoms with E-state index in [1.165, 1.54) is 6.42 Å². The molecule has 3 unspecified atom stereocenters. The monoisotopic (exact) mass is 276 g/mol. The standard InChI is InChI=1S/C15H17ClN2O/c16-12-4-1-3-10(9-17)15(12)18-13-5-2-6-14-11(13)7-8-19-14/h1,3-4,11,13-14,18H,2,5-8H2. The Kier molecular flexibility index (Phi) is 3.63. The minimum Gasteiger partial charge on any atom is -0.380 e. The number of ether oxygens (including phenoxy) is 1. The number of hydrogen-bond acceptors (Lipinski definition) is 3. The first-order valence-electron chi connectivity index (χ1n) is 6.86. The van der Waals surface area contributed by atoms with E-state index in [0.717, 1.165) is 31.6 Å². The van der Waals surface area contributed by atoms with Crippen LogP contribution >= 0.6 is 11.6 Å². The third-order valence-electron chi connectivity index (χ3n) is 4.25. The Morgan fingerprint density at radius 3 is 3.05 bits per heavy atom. The number of nitrogens with one attached hydrogen (secondary N) is 1. The van der Waals surface area contributed by atoms with Crippen molar-refractivity contribution < 1.29 is 4.74 Å². The van der Waals surface area contributed by atoms with Crippen LogP contribution in [0.25, 0.3) is 0 Å². The molecule has 1 aliphatic carbocycles. The van der Waals surface area contributed by atoms with Crippen molar-refractivity contribution in [3.63, 3.8) is 0 Å². The van der Waals surface area contributed by atoms with Crippen molar-refractivity contribution in [1.29, 1.82) is 5.26 Å². The molecule has 1 aliphatic heterocycles. The third kappa shape index (κ3) is 2.43. The zero-order valence-electron chi connectivity index (χ0n) is 10.7. The number of fused-ring (bicyclic) bond motifs is 1. The Morgan fingerprint density at radius 2 is 2.21 bits per heavy atom. The zero-order chi connectivity index (χ0) is 13.2. The van der Waals surface area contributed by atoms with Gasteiger partial charge in [0.15, 0.2) is 0 Å². The van der Waals surface area contributed by atoms with Crippen molar-refractivity contribution in [2.24, 2.45) is 5.92 Å². The molecule has 3 atom stereocenters. The van der Waals surface area contributed by atoms with Crippen molar-refractivity contribution in [3.8, 4) is 6.07 Å². The molecule has 2 fully saturated rings. The van der Waals surface area contributed by atoms with Gasteiger partial charge in [-0.2, -0.15) is 5.26 Å². The minimum atomic E-state index is 0.369. The second-order valence-corrected chi connectivity index (χ2v) is 5.72. The summed E-state index contributed by atoms with van der Waals surface area (Å²) < 4.78 is 5.77. The summed E-state index contributed by atoms with van der Waals surface area (Å²) in [4.78, 5) is 0. The highest BCUT2D eigenvalue weighted by atomic mass is 35.5. The molecule has 2 aliphatic rings. The molecule has 1 aromatic rings. The molecule has 0 radical (unpaired) electrons. The topological polar surface area (TPSA) is 45.0 Å². The van der Waals surface area contributed by atoms with Gasteiger partial charge in [-0.1, -0.05) is 17.7 Å². The number of halogens is 1. The summed E-state index contributed by atoms with van der Waals surface area (Å²) in [7, 11) is 0. The Balaban J connectivity index is 1.83. The lowest BCUT2D eigenvalue weighted by Crippen LogP contribution is -2.38. The molecule has 0 aromatic heterocycles. The number of anilines is 1. The van der Waals surface area contributed by atoms with E-state index in [1.807, 2.05) is 12.1 Å². The summed E-state index contributed by atoms with van der Waals surface area (Å²) in [6.45, 7) is 0.862. The number of para-hydroxylation sites is 1. The molecule has 1 heterocycles. The molecular weight excluding hydrogens is 260 g/mol. The largest absolute Gasteiger partial charge is 0.380 e. The molecule has 4 heteroatoms. The van der Waals surface area contributed by atoms with Crippen LogP contribution in [0.4, 0.5) is 5.69 Å². The Labute approximate surface area is 118 Å². The molecule has 0 bridgehead atoms. The summed E-state index contributed by atoms with van der Waals surface area (Å²) in [5, 5.41) is 13.3. The van der Waals surface area contributed by atoms with Gasteiger partial charge in [0, 0.05) is 18.6 Å². The van der Waals surface area contributed by atoms with Gasteiger partial charge in [-0.25, -0.2) is 0 Å².